The number of rotatable bonds is 5. The van der Waals surface area contributed by atoms with Crippen LogP contribution in [-0.4, -0.2) is 50.9 Å². The van der Waals surface area contributed by atoms with Gasteiger partial charge in [-0.1, -0.05) is 0 Å². The van der Waals surface area contributed by atoms with Crippen molar-refractivity contribution in [3.8, 4) is 5.75 Å². The van der Waals surface area contributed by atoms with Gasteiger partial charge in [0.05, 0.1) is 18.1 Å². The van der Waals surface area contributed by atoms with E-state index in [1.807, 2.05) is 4.90 Å². The quantitative estimate of drug-likeness (QED) is 0.569. The van der Waals surface area contributed by atoms with Crippen LogP contribution in [0.15, 0.2) is 47.4 Å². The van der Waals surface area contributed by atoms with Crippen molar-refractivity contribution in [3.63, 3.8) is 0 Å². The van der Waals surface area contributed by atoms with Crippen LogP contribution >= 0.6 is 0 Å². The van der Waals surface area contributed by atoms with E-state index in [1.165, 1.54) is 29.6 Å². The second-order valence-corrected chi connectivity index (χ2v) is 7.87. The Morgan fingerprint density at radius 2 is 1.70 bits per heavy atom. The van der Waals surface area contributed by atoms with Crippen LogP contribution < -0.4 is 9.64 Å². The molecule has 10 heteroatoms. The van der Waals surface area contributed by atoms with Crippen LogP contribution in [-0.2, 0) is 10.0 Å². The number of nitro benzene ring substituents is 1. The summed E-state index contributed by atoms with van der Waals surface area (Å²) in [5, 5.41) is 10.9. The molecular formula is C17H18FN3O5S. The largest absolute Gasteiger partial charge is 0.495 e. The van der Waals surface area contributed by atoms with E-state index < -0.39 is 14.9 Å². The van der Waals surface area contributed by atoms with Crippen LogP contribution in [0.2, 0.25) is 0 Å². The third-order valence-electron chi connectivity index (χ3n) is 4.41. The number of methoxy groups -OCH3 is 1. The molecule has 8 nitrogen and oxygen atoms in total. The highest BCUT2D eigenvalue weighted by atomic mass is 32.2. The van der Waals surface area contributed by atoms with Gasteiger partial charge in [-0.15, -0.1) is 0 Å². The predicted molar refractivity (Wildman–Crippen MR) is 97.0 cm³/mol. The first-order valence-electron chi connectivity index (χ1n) is 8.16. The smallest absolute Gasteiger partial charge is 0.273 e. The average Bonchev–Trinajstić information content (AvgIpc) is 2.68. The van der Waals surface area contributed by atoms with Crippen molar-refractivity contribution in [2.24, 2.45) is 0 Å². The lowest BCUT2D eigenvalue weighted by Crippen LogP contribution is -2.48. The fourth-order valence-corrected chi connectivity index (χ4v) is 4.52. The van der Waals surface area contributed by atoms with E-state index >= 15 is 0 Å². The molecule has 1 aliphatic heterocycles. The van der Waals surface area contributed by atoms with Crippen molar-refractivity contribution in [2.75, 3.05) is 38.2 Å². The van der Waals surface area contributed by atoms with Crippen molar-refractivity contribution >= 4 is 21.4 Å². The Hall–Kier alpha value is -2.72. The van der Waals surface area contributed by atoms with Gasteiger partial charge in [-0.25, -0.2) is 12.8 Å². The third kappa shape index (κ3) is 3.86. The monoisotopic (exact) mass is 395 g/mol. The molecule has 0 saturated carbocycles. The second-order valence-electron chi connectivity index (χ2n) is 5.96. The van der Waals surface area contributed by atoms with Crippen molar-refractivity contribution < 1.29 is 22.5 Å². The van der Waals surface area contributed by atoms with Crippen LogP contribution in [0.1, 0.15) is 0 Å². The zero-order valence-corrected chi connectivity index (χ0v) is 15.4. The van der Waals surface area contributed by atoms with Crippen molar-refractivity contribution in [1.29, 1.82) is 0 Å². The van der Waals surface area contributed by atoms with Gasteiger partial charge in [-0.2, -0.15) is 4.31 Å². The summed E-state index contributed by atoms with van der Waals surface area (Å²) < 4.78 is 45.3. The van der Waals surface area contributed by atoms with Gasteiger partial charge in [0.1, 0.15) is 16.5 Å². The number of sulfonamides is 1. The molecule has 0 bridgehead atoms. The van der Waals surface area contributed by atoms with E-state index in [4.69, 9.17) is 4.74 Å². The molecule has 144 valence electrons. The van der Waals surface area contributed by atoms with Gasteiger partial charge in [0, 0.05) is 37.9 Å². The van der Waals surface area contributed by atoms with Crippen LogP contribution in [0.25, 0.3) is 0 Å². The van der Waals surface area contributed by atoms with Gasteiger partial charge < -0.3 is 9.64 Å². The average molecular weight is 395 g/mol. The lowest BCUT2D eigenvalue weighted by Gasteiger charge is -2.35. The highest BCUT2D eigenvalue weighted by Crippen LogP contribution is 2.31. The van der Waals surface area contributed by atoms with Crippen molar-refractivity contribution in [3.05, 3.63) is 58.4 Å². The number of hydrogen-bond acceptors (Lipinski definition) is 6. The number of halogens is 1. The summed E-state index contributed by atoms with van der Waals surface area (Å²) >= 11 is 0. The Bertz CT molecular complexity index is 942. The maximum atomic E-state index is 13.0. The number of ether oxygens (including phenoxy) is 1. The standard InChI is InChI=1S/C17H18FN3O5S/c1-26-16-12-15(21(22)23)6-7-17(16)27(24,25)20-10-8-19(9-11-20)14-4-2-13(18)3-5-14/h2-7,12H,8-11H2,1H3. The van der Waals surface area contributed by atoms with Crippen LogP contribution in [0, 0.1) is 15.9 Å². The molecule has 1 heterocycles. The molecule has 2 aromatic carbocycles. The highest BCUT2D eigenvalue weighted by Gasteiger charge is 2.31. The van der Waals surface area contributed by atoms with Gasteiger partial charge in [0.2, 0.25) is 10.0 Å². The van der Waals surface area contributed by atoms with Gasteiger partial charge in [0.25, 0.3) is 5.69 Å². The number of nitro groups is 1. The fourth-order valence-electron chi connectivity index (χ4n) is 2.96. The molecule has 0 radical (unpaired) electrons. The first-order chi connectivity index (χ1) is 12.8. The first kappa shape index (κ1) is 19.1. The van der Waals surface area contributed by atoms with Gasteiger partial charge >= 0.3 is 0 Å². The minimum atomic E-state index is -3.86. The first-order valence-corrected chi connectivity index (χ1v) is 9.60. The van der Waals surface area contributed by atoms with Crippen LogP contribution in [0.5, 0.6) is 5.75 Å². The van der Waals surface area contributed by atoms with E-state index in [9.17, 15) is 22.9 Å². The van der Waals surface area contributed by atoms with Crippen molar-refractivity contribution in [2.45, 2.75) is 4.90 Å². The molecule has 0 aromatic heterocycles. The molecule has 1 fully saturated rings. The van der Waals surface area contributed by atoms with E-state index in [0.29, 0.717) is 13.1 Å². The number of piperazine rings is 1. The Morgan fingerprint density at radius 3 is 2.26 bits per heavy atom. The number of non-ortho nitro benzene ring substituents is 1. The molecule has 1 saturated heterocycles. The Kier molecular flexibility index (Phi) is 5.29. The zero-order valence-electron chi connectivity index (χ0n) is 14.5. The van der Waals surface area contributed by atoms with E-state index in [-0.39, 0.29) is 35.2 Å². The summed E-state index contributed by atoms with van der Waals surface area (Å²) in [6, 6.07) is 9.46. The Morgan fingerprint density at radius 1 is 1.07 bits per heavy atom. The van der Waals surface area contributed by atoms with E-state index in [1.54, 1.807) is 12.1 Å². The van der Waals surface area contributed by atoms with Gasteiger partial charge in [0.15, 0.2) is 0 Å². The summed E-state index contributed by atoms with van der Waals surface area (Å²) in [5.41, 5.74) is 0.577. The van der Waals surface area contributed by atoms with Gasteiger partial charge in [-0.05, 0) is 30.3 Å². The molecule has 0 atom stereocenters. The summed E-state index contributed by atoms with van der Waals surface area (Å²) in [4.78, 5) is 12.1. The van der Waals surface area contributed by atoms with Gasteiger partial charge in [-0.3, -0.25) is 10.1 Å². The Labute approximate surface area is 156 Å². The summed E-state index contributed by atoms with van der Waals surface area (Å²) in [6.45, 7) is 1.36. The second kappa shape index (κ2) is 7.49. The third-order valence-corrected chi connectivity index (χ3v) is 6.34. The number of nitrogens with zero attached hydrogens (tertiary/aromatic N) is 3. The van der Waals surface area contributed by atoms with E-state index in [0.717, 1.165) is 17.8 Å². The maximum Gasteiger partial charge on any atom is 0.273 e. The molecule has 2 aromatic rings. The number of hydrogen-bond donors (Lipinski definition) is 0. The molecule has 3 rings (SSSR count). The minimum absolute atomic E-state index is 0.0647. The lowest BCUT2D eigenvalue weighted by molar-refractivity contribution is -0.385. The highest BCUT2D eigenvalue weighted by molar-refractivity contribution is 7.89. The van der Waals surface area contributed by atoms with Crippen LogP contribution in [0.4, 0.5) is 15.8 Å². The molecule has 27 heavy (non-hydrogen) atoms. The lowest BCUT2D eigenvalue weighted by atomic mass is 10.2. The fraction of sp³-hybridized carbons (Fsp3) is 0.294. The molecule has 0 unspecified atom stereocenters. The SMILES string of the molecule is COc1cc([N+](=O)[O-])ccc1S(=O)(=O)N1CCN(c2ccc(F)cc2)CC1. The molecular weight excluding hydrogens is 377 g/mol. The number of benzene rings is 2. The topological polar surface area (TPSA) is 93.0 Å². The maximum absolute atomic E-state index is 13.0. The predicted octanol–water partition coefficient (Wildman–Crippen LogP) is 2.25. The Balaban J connectivity index is 1.79. The summed E-state index contributed by atoms with van der Waals surface area (Å²) in [5.74, 6) is -0.393. The molecule has 0 N–H and O–H groups in total. The normalized spacial score (nSPS) is 15.6. The number of anilines is 1. The minimum Gasteiger partial charge on any atom is -0.495 e. The van der Waals surface area contributed by atoms with Crippen molar-refractivity contribution in [1.82, 2.24) is 4.31 Å². The van der Waals surface area contributed by atoms with Crippen LogP contribution in [0.3, 0.4) is 0 Å². The molecule has 0 amide bonds. The molecule has 0 spiro atoms. The molecule has 1 aliphatic rings. The summed E-state index contributed by atoms with van der Waals surface area (Å²) in [7, 11) is -2.59. The summed E-state index contributed by atoms with van der Waals surface area (Å²) in [6.07, 6.45) is 0. The van der Waals surface area contributed by atoms with E-state index in [2.05, 4.69) is 0 Å². The zero-order chi connectivity index (χ0) is 19.6. The molecule has 0 aliphatic carbocycles.